The molecule has 0 bridgehead atoms. The maximum absolute atomic E-state index is 13.1. The van der Waals surface area contributed by atoms with Crippen LogP contribution >= 0.6 is 0 Å². The number of hydrogen-bond acceptors (Lipinski definition) is 6. The summed E-state index contributed by atoms with van der Waals surface area (Å²) in [4.78, 5) is 12.9. The number of fused-ring (bicyclic) bond motifs is 1. The number of carbonyl (C=O) groups is 1. The van der Waals surface area contributed by atoms with Gasteiger partial charge in [0.15, 0.2) is 18.1 Å². The number of benzene rings is 2. The van der Waals surface area contributed by atoms with Gasteiger partial charge in [0, 0.05) is 25.1 Å². The number of sulfonamides is 1. The zero-order valence-corrected chi connectivity index (χ0v) is 20.7. The molecule has 2 aliphatic rings. The third-order valence-corrected chi connectivity index (χ3v) is 7.79. The van der Waals surface area contributed by atoms with Crippen molar-refractivity contribution in [3.05, 3.63) is 42.0 Å². The van der Waals surface area contributed by atoms with Gasteiger partial charge in [0.25, 0.3) is 5.91 Å². The van der Waals surface area contributed by atoms with Gasteiger partial charge < -0.3 is 19.5 Å². The second-order valence-electron chi connectivity index (χ2n) is 9.18. The minimum Gasteiger partial charge on any atom is -0.492 e. The fourth-order valence-electron chi connectivity index (χ4n) is 4.33. The number of para-hydroxylation sites is 1. The summed E-state index contributed by atoms with van der Waals surface area (Å²) in [5, 5.41) is 2.75. The van der Waals surface area contributed by atoms with E-state index in [9.17, 15) is 13.2 Å². The van der Waals surface area contributed by atoms with E-state index in [4.69, 9.17) is 14.2 Å². The number of ether oxygens (including phenoxy) is 3. The van der Waals surface area contributed by atoms with Crippen LogP contribution in [0, 0.1) is 0 Å². The highest BCUT2D eigenvalue weighted by molar-refractivity contribution is 7.89. The van der Waals surface area contributed by atoms with Crippen LogP contribution in [0.2, 0.25) is 0 Å². The summed E-state index contributed by atoms with van der Waals surface area (Å²) in [7, 11) is -3.65. The van der Waals surface area contributed by atoms with Crippen LogP contribution in [0.25, 0.3) is 0 Å². The molecule has 0 atom stereocenters. The molecule has 1 N–H and O–H groups in total. The van der Waals surface area contributed by atoms with Crippen molar-refractivity contribution in [3.8, 4) is 17.2 Å². The lowest BCUT2D eigenvalue weighted by atomic mass is 10.0. The molecule has 1 fully saturated rings. The Morgan fingerprint density at radius 1 is 1.09 bits per heavy atom. The predicted octanol–water partition coefficient (Wildman–Crippen LogP) is 3.99. The van der Waals surface area contributed by atoms with Gasteiger partial charge >= 0.3 is 0 Å². The lowest BCUT2D eigenvalue weighted by Crippen LogP contribution is -2.35. The molecule has 34 heavy (non-hydrogen) atoms. The van der Waals surface area contributed by atoms with E-state index in [-0.39, 0.29) is 17.1 Å². The van der Waals surface area contributed by atoms with Gasteiger partial charge in [-0.2, -0.15) is 4.31 Å². The topological polar surface area (TPSA) is 94.2 Å². The average Bonchev–Trinajstić information content (AvgIpc) is 3.14. The minimum atomic E-state index is -3.65. The zero-order valence-electron chi connectivity index (χ0n) is 19.9. The summed E-state index contributed by atoms with van der Waals surface area (Å²) in [6.07, 6.45) is 3.49. The largest absolute Gasteiger partial charge is 0.492 e. The van der Waals surface area contributed by atoms with Crippen LogP contribution in [-0.2, 0) is 21.2 Å². The van der Waals surface area contributed by atoms with Crippen LogP contribution in [0.4, 0.5) is 5.69 Å². The van der Waals surface area contributed by atoms with Crippen LogP contribution < -0.4 is 19.5 Å². The van der Waals surface area contributed by atoms with Crippen LogP contribution in [0.15, 0.2) is 41.3 Å². The van der Waals surface area contributed by atoms with E-state index in [2.05, 4.69) is 5.32 Å². The predicted molar refractivity (Wildman–Crippen MR) is 129 cm³/mol. The Balaban J connectivity index is 1.49. The monoisotopic (exact) mass is 488 g/mol. The summed E-state index contributed by atoms with van der Waals surface area (Å²) in [5.74, 6) is 1.14. The Bertz CT molecular complexity index is 1160. The van der Waals surface area contributed by atoms with E-state index in [0.717, 1.165) is 31.2 Å². The van der Waals surface area contributed by atoms with E-state index < -0.39 is 15.9 Å². The number of nitrogens with one attached hydrogen (secondary N) is 1. The third-order valence-electron chi connectivity index (χ3n) is 5.89. The fourth-order valence-corrected chi connectivity index (χ4v) is 5.88. The fraction of sp³-hybridized carbons (Fsp3) is 0.480. The molecule has 2 aromatic carbocycles. The minimum absolute atomic E-state index is 0.130. The molecule has 0 aromatic heterocycles. The maximum Gasteiger partial charge on any atom is 0.262 e. The molecule has 1 amide bonds. The van der Waals surface area contributed by atoms with Crippen LogP contribution in [0.1, 0.15) is 45.6 Å². The molecule has 0 radical (unpaired) electrons. The standard InChI is InChI=1S/C25H32N2O6S/c1-4-31-21-12-11-19(34(29,30)27-13-6-5-7-14-27)15-20(21)26-23(28)17-32-22-10-8-9-18-16-25(2,3)33-24(18)22/h8-12,15H,4-7,13-14,16-17H2,1-3H3,(H,26,28). The summed E-state index contributed by atoms with van der Waals surface area (Å²) in [6, 6.07) is 10.2. The molecule has 0 unspecified atom stereocenters. The van der Waals surface area contributed by atoms with Gasteiger partial charge in [-0.15, -0.1) is 0 Å². The number of anilines is 1. The molecule has 1 saturated heterocycles. The van der Waals surface area contributed by atoms with Crippen molar-refractivity contribution in [2.75, 3.05) is 31.6 Å². The quantitative estimate of drug-likeness (QED) is 0.604. The first-order chi connectivity index (χ1) is 16.2. The maximum atomic E-state index is 13.1. The van der Waals surface area contributed by atoms with Crippen molar-refractivity contribution in [3.63, 3.8) is 0 Å². The average molecular weight is 489 g/mol. The van der Waals surface area contributed by atoms with E-state index >= 15 is 0 Å². The molecule has 8 nitrogen and oxygen atoms in total. The van der Waals surface area contributed by atoms with Crippen LogP contribution in [-0.4, -0.2) is 50.5 Å². The molecule has 9 heteroatoms. The van der Waals surface area contributed by atoms with E-state index in [0.29, 0.717) is 42.6 Å². The summed E-state index contributed by atoms with van der Waals surface area (Å²) < 4.78 is 45.1. The van der Waals surface area contributed by atoms with E-state index in [1.807, 2.05) is 32.9 Å². The highest BCUT2D eigenvalue weighted by Crippen LogP contribution is 2.41. The number of rotatable bonds is 8. The van der Waals surface area contributed by atoms with Gasteiger partial charge in [0.2, 0.25) is 10.0 Å². The Labute approximate surface area is 201 Å². The molecule has 2 heterocycles. The van der Waals surface area contributed by atoms with Crippen molar-refractivity contribution in [2.45, 2.75) is 57.0 Å². The van der Waals surface area contributed by atoms with Crippen molar-refractivity contribution in [2.24, 2.45) is 0 Å². The number of piperidine rings is 1. The normalized spacial score (nSPS) is 17.5. The smallest absolute Gasteiger partial charge is 0.262 e. The lowest BCUT2D eigenvalue weighted by molar-refractivity contribution is -0.118. The molecular formula is C25H32N2O6S. The van der Waals surface area contributed by atoms with Gasteiger partial charge in [-0.1, -0.05) is 18.6 Å². The number of amides is 1. The number of hydrogen-bond donors (Lipinski definition) is 1. The lowest BCUT2D eigenvalue weighted by Gasteiger charge is -2.26. The van der Waals surface area contributed by atoms with Gasteiger partial charge in [0.1, 0.15) is 11.4 Å². The SMILES string of the molecule is CCOc1ccc(S(=O)(=O)N2CCCCC2)cc1NC(=O)COc1cccc2c1OC(C)(C)C2. The molecule has 0 saturated carbocycles. The highest BCUT2D eigenvalue weighted by atomic mass is 32.2. The summed E-state index contributed by atoms with van der Waals surface area (Å²) in [5.41, 5.74) is 1.01. The highest BCUT2D eigenvalue weighted by Gasteiger charge is 2.32. The molecule has 2 aliphatic heterocycles. The summed E-state index contributed by atoms with van der Waals surface area (Å²) >= 11 is 0. The van der Waals surface area contributed by atoms with Gasteiger partial charge in [-0.25, -0.2) is 8.42 Å². The third kappa shape index (κ3) is 5.31. The zero-order chi connectivity index (χ0) is 24.3. The number of carbonyl (C=O) groups excluding carboxylic acids is 1. The van der Waals surface area contributed by atoms with E-state index in [1.54, 1.807) is 12.1 Å². The Morgan fingerprint density at radius 3 is 2.59 bits per heavy atom. The second kappa shape index (κ2) is 9.84. The Kier molecular flexibility index (Phi) is 7.04. The van der Waals surface area contributed by atoms with Gasteiger partial charge in [-0.05, 0) is 57.9 Å². The molecule has 0 spiro atoms. The molecule has 2 aromatic rings. The summed E-state index contributed by atoms with van der Waals surface area (Å²) in [6.45, 7) is 6.96. The number of nitrogens with zero attached hydrogens (tertiary/aromatic N) is 1. The van der Waals surface area contributed by atoms with Crippen LogP contribution in [0.3, 0.4) is 0 Å². The first kappa shape index (κ1) is 24.3. The first-order valence-corrected chi connectivity index (χ1v) is 13.1. The Hall–Kier alpha value is -2.78. The first-order valence-electron chi connectivity index (χ1n) is 11.7. The van der Waals surface area contributed by atoms with Crippen LogP contribution in [0.5, 0.6) is 17.2 Å². The van der Waals surface area contributed by atoms with E-state index in [1.165, 1.54) is 16.4 Å². The molecule has 4 rings (SSSR count). The van der Waals surface area contributed by atoms with Crippen molar-refractivity contribution in [1.29, 1.82) is 0 Å². The van der Waals surface area contributed by atoms with Crippen molar-refractivity contribution < 1.29 is 27.4 Å². The molecule has 184 valence electrons. The molecular weight excluding hydrogens is 456 g/mol. The van der Waals surface area contributed by atoms with Gasteiger partial charge in [0.05, 0.1) is 17.2 Å². The van der Waals surface area contributed by atoms with Crippen molar-refractivity contribution in [1.82, 2.24) is 4.31 Å². The van der Waals surface area contributed by atoms with Crippen molar-refractivity contribution >= 4 is 21.6 Å². The molecule has 0 aliphatic carbocycles. The Morgan fingerprint density at radius 2 is 1.85 bits per heavy atom. The second-order valence-corrected chi connectivity index (χ2v) is 11.1. The van der Waals surface area contributed by atoms with Gasteiger partial charge in [-0.3, -0.25) is 4.79 Å².